The lowest BCUT2D eigenvalue weighted by Gasteiger charge is -2.23. The molecule has 1 heterocycles. The molecule has 5 nitrogen and oxygen atoms in total. The Kier molecular flexibility index (Phi) is 6.37. The van der Waals surface area contributed by atoms with Crippen molar-refractivity contribution in [1.29, 1.82) is 0 Å². The average Bonchev–Trinajstić information content (AvgIpc) is 2.30. The minimum Gasteiger partial charge on any atom is -0.393 e. The number of hydrogen-bond acceptors (Lipinski definition) is 4. The third kappa shape index (κ3) is 5.44. The van der Waals surface area contributed by atoms with Crippen LogP contribution in [0.15, 0.2) is 0 Å². The summed E-state index contributed by atoms with van der Waals surface area (Å²) in [5.41, 5.74) is 0. The smallest absolute Gasteiger partial charge is 0.221 e. The molecule has 5 heteroatoms. The number of morpholine rings is 1. The van der Waals surface area contributed by atoms with E-state index in [0.29, 0.717) is 26.0 Å². The lowest BCUT2D eigenvalue weighted by Crippen LogP contribution is -2.44. The highest BCUT2D eigenvalue weighted by Gasteiger charge is 2.16. The van der Waals surface area contributed by atoms with Gasteiger partial charge in [0.1, 0.15) is 0 Å². The molecule has 0 saturated carbocycles. The molecule has 3 N–H and O–H groups in total. The molecule has 1 amide bonds. The van der Waals surface area contributed by atoms with Crippen LogP contribution < -0.4 is 10.6 Å². The van der Waals surface area contributed by atoms with Crippen LogP contribution in [0.1, 0.15) is 26.2 Å². The minimum absolute atomic E-state index is 0.0197. The fourth-order valence-corrected chi connectivity index (χ4v) is 1.63. The molecule has 1 saturated heterocycles. The number of carbonyl (C=O) groups is 1. The van der Waals surface area contributed by atoms with E-state index in [-0.39, 0.29) is 18.1 Å². The lowest BCUT2D eigenvalue weighted by molar-refractivity contribution is -0.122. The van der Waals surface area contributed by atoms with E-state index in [0.717, 1.165) is 19.6 Å². The first-order valence-corrected chi connectivity index (χ1v) is 5.98. The van der Waals surface area contributed by atoms with Crippen molar-refractivity contribution < 1.29 is 14.6 Å². The van der Waals surface area contributed by atoms with E-state index in [1.54, 1.807) is 0 Å². The van der Waals surface area contributed by atoms with Gasteiger partial charge < -0.3 is 20.5 Å². The van der Waals surface area contributed by atoms with Gasteiger partial charge in [-0.3, -0.25) is 4.79 Å². The number of hydrogen-bond donors (Lipinski definition) is 3. The van der Waals surface area contributed by atoms with E-state index in [1.165, 1.54) is 0 Å². The van der Waals surface area contributed by atoms with E-state index < -0.39 is 0 Å². The number of amides is 1. The van der Waals surface area contributed by atoms with E-state index in [1.807, 2.05) is 6.92 Å². The summed E-state index contributed by atoms with van der Waals surface area (Å²) in [4.78, 5) is 11.5. The van der Waals surface area contributed by atoms with E-state index in [2.05, 4.69) is 10.6 Å². The second-order valence-corrected chi connectivity index (χ2v) is 4.13. The van der Waals surface area contributed by atoms with Crippen LogP contribution in [0.4, 0.5) is 0 Å². The van der Waals surface area contributed by atoms with E-state index >= 15 is 0 Å². The van der Waals surface area contributed by atoms with Crippen LogP contribution in [0.2, 0.25) is 0 Å². The minimum atomic E-state index is -0.309. The molecule has 1 fully saturated rings. The number of rotatable bonds is 6. The summed E-state index contributed by atoms with van der Waals surface area (Å²) in [5, 5.41) is 15.3. The zero-order valence-electron chi connectivity index (χ0n) is 9.87. The summed E-state index contributed by atoms with van der Waals surface area (Å²) in [6.45, 7) is 4.61. The highest BCUT2D eigenvalue weighted by atomic mass is 16.5. The first-order chi connectivity index (χ1) is 7.72. The Hall–Kier alpha value is -0.650. The third-order valence-electron chi connectivity index (χ3n) is 2.70. The van der Waals surface area contributed by atoms with Crippen molar-refractivity contribution >= 4 is 5.91 Å². The Bertz CT molecular complexity index is 205. The maximum absolute atomic E-state index is 11.5. The van der Waals surface area contributed by atoms with Gasteiger partial charge in [0.2, 0.25) is 5.91 Å². The van der Waals surface area contributed by atoms with Crippen molar-refractivity contribution in [2.75, 3.05) is 26.3 Å². The SMILES string of the molecule is CCC(O)CCNC(=O)CC1COCCN1. The van der Waals surface area contributed by atoms with Crippen LogP contribution in [0, 0.1) is 0 Å². The fraction of sp³-hybridized carbons (Fsp3) is 0.909. The summed E-state index contributed by atoms with van der Waals surface area (Å²) in [6.07, 6.45) is 1.49. The van der Waals surface area contributed by atoms with Crippen molar-refractivity contribution in [2.45, 2.75) is 38.3 Å². The van der Waals surface area contributed by atoms with Gasteiger partial charge in [-0.25, -0.2) is 0 Å². The second kappa shape index (κ2) is 7.60. The van der Waals surface area contributed by atoms with Gasteiger partial charge in [0.25, 0.3) is 0 Å². The van der Waals surface area contributed by atoms with Crippen LogP contribution >= 0.6 is 0 Å². The van der Waals surface area contributed by atoms with Crippen molar-refractivity contribution in [3.63, 3.8) is 0 Å². The second-order valence-electron chi connectivity index (χ2n) is 4.13. The highest BCUT2D eigenvalue weighted by Crippen LogP contribution is 1.99. The quantitative estimate of drug-likeness (QED) is 0.583. The number of aliphatic hydroxyl groups excluding tert-OH is 1. The Morgan fingerprint density at radius 3 is 3.12 bits per heavy atom. The van der Waals surface area contributed by atoms with E-state index in [4.69, 9.17) is 4.74 Å². The van der Waals surface area contributed by atoms with Crippen molar-refractivity contribution in [3.8, 4) is 0 Å². The Morgan fingerprint density at radius 2 is 2.50 bits per heavy atom. The Balaban J connectivity index is 2.05. The maximum Gasteiger partial charge on any atom is 0.221 e. The first-order valence-electron chi connectivity index (χ1n) is 5.98. The highest BCUT2D eigenvalue weighted by molar-refractivity contribution is 5.76. The predicted octanol–water partition coefficient (Wildman–Crippen LogP) is -0.358. The number of aliphatic hydroxyl groups is 1. The predicted molar refractivity (Wildman–Crippen MR) is 61.2 cm³/mol. The maximum atomic E-state index is 11.5. The monoisotopic (exact) mass is 230 g/mol. The molecule has 0 aromatic rings. The van der Waals surface area contributed by atoms with Gasteiger partial charge in [-0.1, -0.05) is 6.92 Å². The van der Waals surface area contributed by atoms with Gasteiger partial charge in [0, 0.05) is 25.6 Å². The molecular weight excluding hydrogens is 208 g/mol. The topological polar surface area (TPSA) is 70.6 Å². The molecular formula is C11H22N2O3. The van der Waals surface area contributed by atoms with Crippen LogP contribution in [-0.4, -0.2) is 49.5 Å². The molecule has 2 atom stereocenters. The summed E-state index contributed by atoms with van der Waals surface area (Å²) >= 11 is 0. The summed E-state index contributed by atoms with van der Waals surface area (Å²) in [7, 11) is 0. The number of carbonyl (C=O) groups excluding carboxylic acids is 1. The molecule has 0 aliphatic carbocycles. The zero-order valence-corrected chi connectivity index (χ0v) is 9.87. The first kappa shape index (κ1) is 13.4. The Morgan fingerprint density at radius 1 is 1.69 bits per heavy atom. The zero-order chi connectivity index (χ0) is 11.8. The molecule has 1 rings (SSSR count). The molecule has 16 heavy (non-hydrogen) atoms. The van der Waals surface area contributed by atoms with Gasteiger partial charge in [-0.05, 0) is 12.8 Å². The number of nitrogens with one attached hydrogen (secondary N) is 2. The van der Waals surface area contributed by atoms with Gasteiger partial charge in [-0.15, -0.1) is 0 Å². The molecule has 94 valence electrons. The van der Waals surface area contributed by atoms with Gasteiger partial charge >= 0.3 is 0 Å². The summed E-state index contributed by atoms with van der Waals surface area (Å²) in [6, 6.07) is 0.129. The standard InChI is InChI=1S/C11H22N2O3/c1-2-10(14)3-4-13-11(15)7-9-8-16-6-5-12-9/h9-10,12,14H,2-8H2,1H3,(H,13,15). The molecule has 1 aliphatic heterocycles. The van der Waals surface area contributed by atoms with Crippen molar-refractivity contribution in [3.05, 3.63) is 0 Å². The van der Waals surface area contributed by atoms with Gasteiger partial charge in [0.15, 0.2) is 0 Å². The van der Waals surface area contributed by atoms with Crippen LogP contribution in [0.25, 0.3) is 0 Å². The van der Waals surface area contributed by atoms with Crippen molar-refractivity contribution in [2.24, 2.45) is 0 Å². The van der Waals surface area contributed by atoms with Crippen LogP contribution in [-0.2, 0) is 9.53 Å². The Labute approximate surface area is 96.6 Å². The molecule has 2 unspecified atom stereocenters. The fourth-order valence-electron chi connectivity index (χ4n) is 1.63. The largest absolute Gasteiger partial charge is 0.393 e. The summed E-state index contributed by atoms with van der Waals surface area (Å²) in [5.74, 6) is 0.0197. The van der Waals surface area contributed by atoms with Crippen LogP contribution in [0.5, 0.6) is 0 Å². The average molecular weight is 230 g/mol. The van der Waals surface area contributed by atoms with Crippen molar-refractivity contribution in [1.82, 2.24) is 10.6 Å². The number of ether oxygens (including phenoxy) is 1. The normalized spacial score (nSPS) is 22.8. The molecule has 0 spiro atoms. The lowest BCUT2D eigenvalue weighted by atomic mass is 10.1. The molecule has 0 aromatic heterocycles. The van der Waals surface area contributed by atoms with Crippen LogP contribution in [0.3, 0.4) is 0 Å². The van der Waals surface area contributed by atoms with Gasteiger partial charge in [-0.2, -0.15) is 0 Å². The molecule has 0 radical (unpaired) electrons. The molecule has 0 aromatic carbocycles. The molecule has 0 bridgehead atoms. The summed E-state index contributed by atoms with van der Waals surface area (Å²) < 4.78 is 5.26. The third-order valence-corrected chi connectivity index (χ3v) is 2.70. The van der Waals surface area contributed by atoms with E-state index in [9.17, 15) is 9.90 Å². The van der Waals surface area contributed by atoms with Gasteiger partial charge in [0.05, 0.1) is 19.3 Å². The molecule has 1 aliphatic rings.